The Hall–Kier alpha value is -1.76. The third-order valence-corrected chi connectivity index (χ3v) is 2.48. The predicted molar refractivity (Wildman–Crippen MR) is 68.4 cm³/mol. The highest BCUT2D eigenvalue weighted by atomic mass is 35.5. The van der Waals surface area contributed by atoms with Crippen molar-refractivity contribution in [3.63, 3.8) is 0 Å². The molecule has 2 amide bonds. The molecule has 0 saturated heterocycles. The van der Waals surface area contributed by atoms with Crippen molar-refractivity contribution in [3.05, 3.63) is 29.8 Å². The second-order valence-corrected chi connectivity index (χ2v) is 4.61. The smallest absolute Gasteiger partial charge is 0.346 e. The van der Waals surface area contributed by atoms with Crippen LogP contribution in [0.3, 0.4) is 0 Å². The predicted octanol–water partition coefficient (Wildman–Crippen LogP) is 2.39. The molecule has 4 nitrogen and oxygen atoms in total. The second-order valence-electron chi connectivity index (χ2n) is 3.96. The Bertz CT molecular complexity index is 486. The van der Waals surface area contributed by atoms with Crippen LogP contribution in [0.15, 0.2) is 24.3 Å². The van der Waals surface area contributed by atoms with Gasteiger partial charge in [-0.1, -0.05) is 0 Å². The maximum absolute atomic E-state index is 12.3. The van der Waals surface area contributed by atoms with Gasteiger partial charge < -0.3 is 10.6 Å². The quantitative estimate of drug-likeness (QED) is 0.839. The van der Waals surface area contributed by atoms with Crippen LogP contribution < -0.4 is 10.6 Å². The van der Waals surface area contributed by atoms with E-state index in [0.29, 0.717) is 0 Å². The highest BCUT2D eigenvalue weighted by molar-refractivity contribution is 6.30. The fourth-order valence-corrected chi connectivity index (χ4v) is 1.33. The molecule has 0 fully saturated rings. The molecule has 0 aromatic heterocycles. The third kappa shape index (κ3) is 5.08. The van der Waals surface area contributed by atoms with Crippen LogP contribution in [0, 0.1) is 0 Å². The van der Waals surface area contributed by atoms with Gasteiger partial charge in [0.1, 0.15) is 5.38 Å². The molecular formula is C12H12ClF3N2O2. The van der Waals surface area contributed by atoms with E-state index >= 15 is 0 Å². The fourth-order valence-electron chi connectivity index (χ4n) is 1.26. The molecular weight excluding hydrogens is 297 g/mol. The van der Waals surface area contributed by atoms with Gasteiger partial charge in [-0.05, 0) is 31.2 Å². The first kappa shape index (κ1) is 16.3. The van der Waals surface area contributed by atoms with Crippen molar-refractivity contribution in [1.29, 1.82) is 0 Å². The number of carbonyl (C=O) groups excluding carboxylic acids is 2. The standard InChI is InChI=1S/C12H12ClF3N2O2/c1-7(13)11(20)17-6-10(19)18-9-4-2-8(3-5-9)12(14,15)16/h2-5,7H,6H2,1H3,(H,17,20)(H,18,19). The highest BCUT2D eigenvalue weighted by Gasteiger charge is 2.29. The van der Waals surface area contributed by atoms with Crippen molar-refractivity contribution < 1.29 is 22.8 Å². The minimum Gasteiger partial charge on any atom is -0.346 e. The van der Waals surface area contributed by atoms with Crippen LogP contribution in [0.5, 0.6) is 0 Å². The summed E-state index contributed by atoms with van der Waals surface area (Å²) in [7, 11) is 0. The van der Waals surface area contributed by atoms with Gasteiger partial charge in [-0.25, -0.2) is 0 Å². The number of halogens is 4. The van der Waals surface area contributed by atoms with E-state index in [4.69, 9.17) is 11.6 Å². The first-order valence-electron chi connectivity index (χ1n) is 5.59. The van der Waals surface area contributed by atoms with Crippen LogP contribution in [-0.4, -0.2) is 23.7 Å². The molecule has 1 aromatic rings. The van der Waals surface area contributed by atoms with E-state index in [0.717, 1.165) is 24.3 Å². The van der Waals surface area contributed by atoms with Gasteiger partial charge in [0, 0.05) is 5.69 Å². The van der Waals surface area contributed by atoms with Crippen LogP contribution in [-0.2, 0) is 15.8 Å². The molecule has 0 radical (unpaired) electrons. The molecule has 1 aromatic carbocycles. The number of alkyl halides is 4. The van der Waals surface area contributed by atoms with Crippen molar-refractivity contribution in [2.45, 2.75) is 18.5 Å². The topological polar surface area (TPSA) is 58.2 Å². The summed E-state index contributed by atoms with van der Waals surface area (Å²) in [6, 6.07) is 3.98. The van der Waals surface area contributed by atoms with E-state index in [-0.39, 0.29) is 12.2 Å². The average molecular weight is 309 g/mol. The maximum atomic E-state index is 12.3. The molecule has 0 aliphatic rings. The summed E-state index contributed by atoms with van der Waals surface area (Å²) in [4.78, 5) is 22.5. The van der Waals surface area contributed by atoms with Crippen molar-refractivity contribution in [3.8, 4) is 0 Å². The Balaban J connectivity index is 2.53. The van der Waals surface area contributed by atoms with Gasteiger partial charge in [0.15, 0.2) is 0 Å². The maximum Gasteiger partial charge on any atom is 0.416 e. The number of amides is 2. The number of hydrogen-bond donors (Lipinski definition) is 2. The molecule has 0 aliphatic carbocycles. The molecule has 20 heavy (non-hydrogen) atoms. The molecule has 0 aliphatic heterocycles. The van der Waals surface area contributed by atoms with Crippen LogP contribution in [0.25, 0.3) is 0 Å². The summed E-state index contributed by atoms with van der Waals surface area (Å²) in [6.07, 6.45) is -4.42. The fraction of sp³-hybridized carbons (Fsp3) is 0.333. The van der Waals surface area contributed by atoms with E-state index in [1.807, 2.05) is 0 Å². The van der Waals surface area contributed by atoms with Gasteiger partial charge in [-0.15, -0.1) is 11.6 Å². The molecule has 0 spiro atoms. The molecule has 2 N–H and O–H groups in total. The lowest BCUT2D eigenvalue weighted by molar-refractivity contribution is -0.137. The van der Waals surface area contributed by atoms with E-state index in [2.05, 4.69) is 10.6 Å². The molecule has 0 saturated carbocycles. The van der Waals surface area contributed by atoms with Gasteiger partial charge in [0.2, 0.25) is 11.8 Å². The van der Waals surface area contributed by atoms with E-state index in [9.17, 15) is 22.8 Å². The number of carbonyl (C=O) groups is 2. The Labute approximate surface area is 118 Å². The average Bonchev–Trinajstić information content (AvgIpc) is 2.35. The van der Waals surface area contributed by atoms with Crippen molar-refractivity contribution in [1.82, 2.24) is 5.32 Å². The highest BCUT2D eigenvalue weighted by Crippen LogP contribution is 2.29. The lowest BCUT2D eigenvalue weighted by Crippen LogP contribution is -2.36. The Morgan fingerprint density at radius 2 is 1.80 bits per heavy atom. The van der Waals surface area contributed by atoms with Crippen molar-refractivity contribution >= 4 is 29.1 Å². The number of benzene rings is 1. The summed E-state index contributed by atoms with van der Waals surface area (Å²) in [6.45, 7) is 1.14. The van der Waals surface area contributed by atoms with Gasteiger partial charge in [0.25, 0.3) is 0 Å². The van der Waals surface area contributed by atoms with Crippen LogP contribution >= 0.6 is 11.6 Å². The van der Waals surface area contributed by atoms with Crippen LogP contribution in [0.2, 0.25) is 0 Å². The monoisotopic (exact) mass is 308 g/mol. The zero-order valence-corrected chi connectivity index (χ0v) is 11.2. The van der Waals surface area contributed by atoms with Crippen LogP contribution in [0.1, 0.15) is 12.5 Å². The van der Waals surface area contributed by atoms with Gasteiger partial charge in [-0.2, -0.15) is 13.2 Å². The van der Waals surface area contributed by atoms with Crippen LogP contribution in [0.4, 0.5) is 18.9 Å². The zero-order valence-electron chi connectivity index (χ0n) is 10.4. The lowest BCUT2D eigenvalue weighted by Gasteiger charge is -2.09. The second kappa shape index (κ2) is 6.60. The first-order chi connectivity index (χ1) is 9.20. The molecule has 1 rings (SSSR count). The summed E-state index contributed by atoms with van der Waals surface area (Å²) < 4.78 is 37.0. The Kier molecular flexibility index (Phi) is 5.38. The summed E-state index contributed by atoms with van der Waals surface area (Å²) in [5, 5.41) is 3.86. The van der Waals surface area contributed by atoms with Crippen molar-refractivity contribution in [2.24, 2.45) is 0 Å². The molecule has 110 valence electrons. The Morgan fingerprint density at radius 3 is 2.25 bits per heavy atom. The van der Waals surface area contributed by atoms with E-state index in [1.54, 1.807) is 0 Å². The third-order valence-electron chi connectivity index (χ3n) is 2.28. The molecule has 0 heterocycles. The zero-order chi connectivity index (χ0) is 15.3. The SMILES string of the molecule is CC(Cl)C(=O)NCC(=O)Nc1ccc(C(F)(F)F)cc1. The van der Waals surface area contributed by atoms with Gasteiger partial charge in [0.05, 0.1) is 12.1 Å². The number of hydrogen-bond acceptors (Lipinski definition) is 2. The minimum atomic E-state index is -4.42. The summed E-state index contributed by atoms with van der Waals surface area (Å²) >= 11 is 5.48. The van der Waals surface area contributed by atoms with Gasteiger partial charge in [-0.3, -0.25) is 9.59 Å². The lowest BCUT2D eigenvalue weighted by atomic mass is 10.2. The minimum absolute atomic E-state index is 0.205. The molecule has 8 heteroatoms. The van der Waals surface area contributed by atoms with Crippen molar-refractivity contribution in [2.75, 3.05) is 11.9 Å². The molecule has 0 bridgehead atoms. The Morgan fingerprint density at radius 1 is 1.25 bits per heavy atom. The number of nitrogens with one attached hydrogen (secondary N) is 2. The van der Waals surface area contributed by atoms with E-state index in [1.165, 1.54) is 6.92 Å². The summed E-state index contributed by atoms with van der Waals surface area (Å²) in [5.74, 6) is -1.07. The summed E-state index contributed by atoms with van der Waals surface area (Å²) in [5.41, 5.74) is -0.601. The number of anilines is 1. The van der Waals surface area contributed by atoms with E-state index < -0.39 is 28.9 Å². The van der Waals surface area contributed by atoms with Gasteiger partial charge >= 0.3 is 6.18 Å². The number of rotatable bonds is 4. The molecule has 1 unspecified atom stereocenters. The molecule has 1 atom stereocenters. The first-order valence-corrected chi connectivity index (χ1v) is 6.02. The largest absolute Gasteiger partial charge is 0.416 e. The normalized spacial score (nSPS) is 12.7.